The Balaban J connectivity index is 1.68. The molecule has 7 nitrogen and oxygen atoms in total. The number of para-hydroxylation sites is 2. The maximum atomic E-state index is 13.9. The van der Waals surface area contributed by atoms with Crippen molar-refractivity contribution in [2.24, 2.45) is 5.92 Å². The number of nitrogens with zero attached hydrogens (tertiary/aromatic N) is 3. The number of ketones is 1. The van der Waals surface area contributed by atoms with E-state index >= 15 is 0 Å². The van der Waals surface area contributed by atoms with Gasteiger partial charge in [0.2, 0.25) is 0 Å². The van der Waals surface area contributed by atoms with E-state index < -0.39 is 0 Å². The summed E-state index contributed by atoms with van der Waals surface area (Å²) in [5, 5.41) is 4.76. The van der Waals surface area contributed by atoms with Crippen molar-refractivity contribution in [3.63, 3.8) is 0 Å². The molecule has 2 aromatic heterocycles. The molecule has 0 spiro atoms. The molecule has 1 unspecified atom stereocenters. The Hall–Kier alpha value is -3.97. The number of benzene rings is 2. The number of carbonyl (C=O) groups is 1. The van der Waals surface area contributed by atoms with Crippen LogP contribution >= 0.6 is 11.6 Å². The second-order valence-corrected chi connectivity index (χ2v) is 9.17. The molecule has 4 aromatic rings. The molecule has 0 fully saturated rings. The maximum absolute atomic E-state index is 13.9. The molecular weight excluding hydrogens is 476 g/mol. The fraction of sp³-hybridized carbons (Fsp3) is 0.214. The topological polar surface area (TPSA) is 89.9 Å². The number of fused-ring (bicyclic) bond motifs is 1. The number of aromatic amines is 1. The second kappa shape index (κ2) is 10.3. The van der Waals surface area contributed by atoms with E-state index in [0.717, 1.165) is 29.7 Å². The molecule has 0 bridgehead atoms. The van der Waals surface area contributed by atoms with Gasteiger partial charge in [-0.1, -0.05) is 35.9 Å². The number of rotatable bonds is 7. The molecule has 0 radical (unpaired) electrons. The lowest BCUT2D eigenvalue weighted by molar-refractivity contribution is -0.113. The van der Waals surface area contributed by atoms with Crippen LogP contribution in [0.15, 0.2) is 71.9 Å². The maximum Gasteiger partial charge on any atom is 0.279 e. The monoisotopic (exact) mass is 500 g/mol. The van der Waals surface area contributed by atoms with Gasteiger partial charge in [0.05, 0.1) is 23.4 Å². The number of carbonyl (C=O) groups excluding carboxylic acids is 1. The highest BCUT2D eigenvalue weighted by atomic mass is 35.5. The Morgan fingerprint density at radius 1 is 1.11 bits per heavy atom. The number of hydrogen-bond acceptors (Lipinski definition) is 5. The summed E-state index contributed by atoms with van der Waals surface area (Å²) in [6, 6.07) is 14.7. The fourth-order valence-electron chi connectivity index (χ4n) is 4.82. The minimum atomic E-state index is -0.232. The zero-order valence-electron chi connectivity index (χ0n) is 19.8. The van der Waals surface area contributed by atoms with Crippen LogP contribution < -0.4 is 20.9 Å². The van der Waals surface area contributed by atoms with Gasteiger partial charge in [-0.05, 0) is 60.6 Å². The van der Waals surface area contributed by atoms with Gasteiger partial charge in [0, 0.05) is 36.1 Å². The van der Waals surface area contributed by atoms with Crippen LogP contribution in [0, 0.1) is 5.92 Å². The highest BCUT2D eigenvalue weighted by molar-refractivity contribution is 6.30. The van der Waals surface area contributed by atoms with Crippen molar-refractivity contribution < 1.29 is 9.53 Å². The van der Waals surface area contributed by atoms with Gasteiger partial charge in [0.15, 0.2) is 5.78 Å². The SMILES string of the molecule is COc1ccccc1-n1[nH]c2c(c1=O)=C(c1ccc(Cl)cc1)C(CCCc1cnccn1)CC(=O)C=2. The predicted molar refractivity (Wildman–Crippen MR) is 139 cm³/mol. The normalized spacial score (nSPS) is 15.2. The van der Waals surface area contributed by atoms with Crippen molar-refractivity contribution in [2.45, 2.75) is 25.7 Å². The third-order valence-electron chi connectivity index (χ3n) is 6.43. The van der Waals surface area contributed by atoms with E-state index in [2.05, 4.69) is 15.1 Å². The highest BCUT2D eigenvalue weighted by Gasteiger charge is 2.25. The number of hydrogen-bond donors (Lipinski definition) is 1. The first-order valence-corrected chi connectivity index (χ1v) is 12.2. The minimum Gasteiger partial charge on any atom is -0.494 e. The van der Waals surface area contributed by atoms with Crippen molar-refractivity contribution in [1.82, 2.24) is 19.7 Å². The molecule has 1 atom stereocenters. The predicted octanol–water partition coefficient (Wildman–Crippen LogP) is 3.21. The van der Waals surface area contributed by atoms with Crippen LogP contribution in [0.4, 0.5) is 0 Å². The Morgan fingerprint density at radius 3 is 2.67 bits per heavy atom. The molecule has 1 aliphatic rings. The van der Waals surface area contributed by atoms with E-state index in [1.165, 1.54) is 4.68 Å². The molecule has 8 heteroatoms. The summed E-state index contributed by atoms with van der Waals surface area (Å²) in [6.07, 6.45) is 9.19. The van der Waals surface area contributed by atoms with E-state index in [1.54, 1.807) is 43.9 Å². The van der Waals surface area contributed by atoms with Crippen LogP contribution in [0.3, 0.4) is 0 Å². The van der Waals surface area contributed by atoms with E-state index in [0.29, 0.717) is 39.9 Å². The average Bonchev–Trinajstić information content (AvgIpc) is 3.12. The molecule has 5 rings (SSSR count). The zero-order chi connectivity index (χ0) is 25.1. The van der Waals surface area contributed by atoms with Gasteiger partial charge in [-0.25, -0.2) is 4.68 Å². The van der Waals surface area contributed by atoms with Crippen molar-refractivity contribution >= 4 is 29.0 Å². The number of nitrogens with one attached hydrogen (secondary N) is 1. The number of aryl methyl sites for hydroxylation is 1. The number of aromatic nitrogens is 4. The van der Waals surface area contributed by atoms with Crippen LogP contribution in [-0.4, -0.2) is 32.6 Å². The van der Waals surface area contributed by atoms with Crippen molar-refractivity contribution in [3.05, 3.63) is 104 Å². The quantitative estimate of drug-likeness (QED) is 0.421. The van der Waals surface area contributed by atoms with Crippen molar-refractivity contribution in [2.75, 3.05) is 7.11 Å². The van der Waals surface area contributed by atoms with Gasteiger partial charge >= 0.3 is 0 Å². The molecule has 0 aliphatic heterocycles. The molecule has 0 amide bonds. The van der Waals surface area contributed by atoms with Crippen LogP contribution in [0.25, 0.3) is 17.3 Å². The number of halogens is 1. The number of ether oxygens (including phenoxy) is 1. The molecule has 0 saturated heterocycles. The third kappa shape index (κ3) is 4.75. The number of methoxy groups -OCH3 is 1. The highest BCUT2D eigenvalue weighted by Crippen LogP contribution is 2.30. The summed E-state index contributed by atoms with van der Waals surface area (Å²) in [7, 11) is 1.56. The summed E-state index contributed by atoms with van der Waals surface area (Å²) in [5.41, 5.74) is 2.96. The van der Waals surface area contributed by atoms with Gasteiger partial charge in [0.25, 0.3) is 5.56 Å². The van der Waals surface area contributed by atoms with E-state index in [4.69, 9.17) is 16.3 Å². The van der Waals surface area contributed by atoms with Crippen LogP contribution in [0.2, 0.25) is 5.02 Å². The van der Waals surface area contributed by atoms with E-state index in [-0.39, 0.29) is 17.3 Å². The molecular formula is C28H25ClN4O3. The first kappa shape index (κ1) is 23.8. The zero-order valence-corrected chi connectivity index (χ0v) is 20.5. The van der Waals surface area contributed by atoms with E-state index in [1.807, 2.05) is 36.4 Å². The van der Waals surface area contributed by atoms with E-state index in [9.17, 15) is 9.59 Å². The van der Waals surface area contributed by atoms with Gasteiger partial charge in [-0.2, -0.15) is 0 Å². The van der Waals surface area contributed by atoms with Gasteiger partial charge in [0.1, 0.15) is 11.4 Å². The van der Waals surface area contributed by atoms with Crippen LogP contribution in [0.5, 0.6) is 5.75 Å². The van der Waals surface area contributed by atoms with Gasteiger partial charge < -0.3 is 4.74 Å². The largest absolute Gasteiger partial charge is 0.494 e. The smallest absolute Gasteiger partial charge is 0.279 e. The molecule has 2 heterocycles. The Bertz CT molecular complexity index is 1570. The molecule has 2 aromatic carbocycles. The third-order valence-corrected chi connectivity index (χ3v) is 6.68. The average molecular weight is 501 g/mol. The number of H-pyrrole nitrogens is 1. The lowest BCUT2D eigenvalue weighted by Gasteiger charge is -2.19. The minimum absolute atomic E-state index is 0.0295. The summed E-state index contributed by atoms with van der Waals surface area (Å²) < 4.78 is 6.93. The van der Waals surface area contributed by atoms with Crippen LogP contribution in [-0.2, 0) is 11.2 Å². The lowest BCUT2D eigenvalue weighted by Crippen LogP contribution is -2.38. The first-order valence-electron chi connectivity index (χ1n) is 11.8. The summed E-state index contributed by atoms with van der Waals surface area (Å²) in [4.78, 5) is 35.4. The summed E-state index contributed by atoms with van der Waals surface area (Å²) in [5.74, 6) is 0.372. The Kier molecular flexibility index (Phi) is 6.82. The standard InChI is InChI=1S/C28H25ClN4O3/c1-36-25-8-3-2-7-24(25)33-28(35)27-23(32-33)16-22(34)15-19(5-4-6-21-17-30-13-14-31-21)26(27)18-9-11-20(29)12-10-18/h2-3,7-14,16-17,19,32H,4-6,15H2,1H3. The summed E-state index contributed by atoms with van der Waals surface area (Å²) in [6.45, 7) is 0. The number of Topliss-reactive ketones (excluding diaryl/α,β-unsaturated/α-hetero) is 1. The van der Waals surface area contributed by atoms with Crippen molar-refractivity contribution in [1.29, 1.82) is 0 Å². The van der Waals surface area contributed by atoms with Crippen LogP contribution in [0.1, 0.15) is 30.5 Å². The molecule has 0 saturated carbocycles. The Labute approximate surface area is 212 Å². The summed E-state index contributed by atoms with van der Waals surface area (Å²) >= 11 is 6.17. The molecule has 36 heavy (non-hydrogen) atoms. The Morgan fingerprint density at radius 2 is 1.92 bits per heavy atom. The fourth-order valence-corrected chi connectivity index (χ4v) is 4.94. The molecule has 182 valence electrons. The molecule has 1 aliphatic carbocycles. The lowest BCUT2D eigenvalue weighted by atomic mass is 9.84. The van der Waals surface area contributed by atoms with Gasteiger partial charge in [-0.3, -0.25) is 24.7 Å². The van der Waals surface area contributed by atoms with Gasteiger partial charge in [-0.15, -0.1) is 0 Å². The molecule has 1 N–H and O–H groups in total. The van der Waals surface area contributed by atoms with Crippen molar-refractivity contribution in [3.8, 4) is 11.4 Å². The first-order chi connectivity index (χ1) is 17.5. The second-order valence-electron chi connectivity index (χ2n) is 8.73.